The van der Waals surface area contributed by atoms with Gasteiger partial charge >= 0.3 is 0 Å². The largest absolute Gasteiger partial charge is 0.338 e. The number of hydrogen-bond donors (Lipinski definition) is 1. The molecule has 1 atom stereocenters. The van der Waals surface area contributed by atoms with Gasteiger partial charge in [-0.25, -0.2) is 4.98 Å². The maximum Gasteiger partial charge on any atom is 0.233 e. The molecule has 0 bridgehead atoms. The Hall–Kier alpha value is -2.67. The molecule has 2 heterocycles. The van der Waals surface area contributed by atoms with E-state index in [0.29, 0.717) is 16.7 Å². The molecule has 0 aliphatic heterocycles. The van der Waals surface area contributed by atoms with Crippen molar-refractivity contribution in [1.29, 1.82) is 0 Å². The van der Waals surface area contributed by atoms with Gasteiger partial charge in [0.25, 0.3) is 0 Å². The van der Waals surface area contributed by atoms with Crippen molar-refractivity contribution in [3.63, 3.8) is 0 Å². The van der Waals surface area contributed by atoms with Crippen molar-refractivity contribution in [1.82, 2.24) is 25.1 Å². The predicted molar refractivity (Wildman–Crippen MR) is 105 cm³/mol. The van der Waals surface area contributed by atoms with E-state index in [1.54, 1.807) is 12.4 Å². The molecule has 1 aliphatic rings. The van der Waals surface area contributed by atoms with Crippen LogP contribution in [0.1, 0.15) is 30.0 Å². The highest BCUT2D eigenvalue weighted by Crippen LogP contribution is 2.33. The Labute approximate surface area is 162 Å². The van der Waals surface area contributed by atoms with Crippen LogP contribution >= 0.6 is 11.8 Å². The molecule has 27 heavy (non-hydrogen) atoms. The minimum atomic E-state index is 0.0944. The van der Waals surface area contributed by atoms with Crippen LogP contribution in [-0.2, 0) is 11.2 Å². The summed E-state index contributed by atoms with van der Waals surface area (Å²) in [6.45, 7) is 0. The molecule has 1 N–H and O–H groups in total. The van der Waals surface area contributed by atoms with Crippen LogP contribution in [0.4, 0.5) is 0 Å². The number of carbonyl (C=O) groups is 1. The number of carbonyl (C=O) groups excluding carboxylic acids is 1. The van der Waals surface area contributed by atoms with E-state index in [-0.39, 0.29) is 11.9 Å². The summed E-state index contributed by atoms with van der Waals surface area (Å²) in [5.74, 6) is 1.10. The number of thioether (sulfide) groups is 1. The van der Waals surface area contributed by atoms with Gasteiger partial charge < -0.3 is 4.90 Å². The van der Waals surface area contributed by atoms with Crippen molar-refractivity contribution in [3.8, 4) is 11.4 Å². The third kappa shape index (κ3) is 3.88. The number of H-pyrrole nitrogens is 1. The quantitative estimate of drug-likeness (QED) is 0.687. The van der Waals surface area contributed by atoms with Crippen molar-refractivity contribution in [2.75, 3.05) is 12.8 Å². The number of amides is 1. The highest BCUT2D eigenvalue weighted by atomic mass is 32.2. The second-order valence-electron chi connectivity index (χ2n) is 6.60. The standard InChI is InChI=1S/C20H21N5OS/c1-25(17-8-4-6-14-5-2-3-7-16(14)17)18(26)13-27-20-22-19(23-24-20)15-9-11-21-12-10-15/h2-3,5,7,9-12,17H,4,6,8,13H2,1H3,(H,22,23,24)/t17-/m1/s1. The summed E-state index contributed by atoms with van der Waals surface area (Å²) in [4.78, 5) is 23.1. The number of pyridine rings is 1. The van der Waals surface area contributed by atoms with Gasteiger partial charge in [0.05, 0.1) is 11.8 Å². The number of aromatic amines is 1. The van der Waals surface area contributed by atoms with Gasteiger partial charge in [-0.3, -0.25) is 14.9 Å². The molecule has 138 valence electrons. The molecule has 6 nitrogen and oxygen atoms in total. The average Bonchev–Trinajstić information content (AvgIpc) is 3.21. The molecule has 2 aromatic heterocycles. The zero-order valence-electron chi connectivity index (χ0n) is 15.1. The van der Waals surface area contributed by atoms with Crippen molar-refractivity contribution in [3.05, 3.63) is 59.9 Å². The van der Waals surface area contributed by atoms with E-state index >= 15 is 0 Å². The number of aryl methyl sites for hydroxylation is 1. The molecule has 0 radical (unpaired) electrons. The van der Waals surface area contributed by atoms with Crippen LogP contribution in [0.5, 0.6) is 0 Å². The first-order valence-corrected chi connectivity index (χ1v) is 10.00. The Morgan fingerprint density at radius 2 is 2.07 bits per heavy atom. The second-order valence-corrected chi connectivity index (χ2v) is 7.55. The summed E-state index contributed by atoms with van der Waals surface area (Å²) in [6.07, 6.45) is 6.65. The first-order valence-electron chi connectivity index (χ1n) is 9.01. The summed E-state index contributed by atoms with van der Waals surface area (Å²) in [7, 11) is 1.90. The topological polar surface area (TPSA) is 74.8 Å². The predicted octanol–water partition coefficient (Wildman–Crippen LogP) is 3.49. The van der Waals surface area contributed by atoms with Crippen molar-refractivity contribution < 1.29 is 4.79 Å². The van der Waals surface area contributed by atoms with Crippen LogP contribution in [-0.4, -0.2) is 43.8 Å². The summed E-state index contributed by atoms with van der Waals surface area (Å²) in [6, 6.07) is 12.3. The Kier molecular flexibility index (Phi) is 5.20. The lowest BCUT2D eigenvalue weighted by Crippen LogP contribution is -2.34. The Morgan fingerprint density at radius 1 is 1.26 bits per heavy atom. The molecule has 1 amide bonds. The molecular formula is C20H21N5OS. The fourth-order valence-electron chi connectivity index (χ4n) is 3.48. The summed E-state index contributed by atoms with van der Waals surface area (Å²) < 4.78 is 0. The number of rotatable bonds is 5. The Balaban J connectivity index is 1.39. The van der Waals surface area contributed by atoms with Crippen LogP contribution in [0.25, 0.3) is 11.4 Å². The van der Waals surface area contributed by atoms with E-state index in [1.807, 2.05) is 24.1 Å². The lowest BCUT2D eigenvalue weighted by Gasteiger charge is -2.33. The van der Waals surface area contributed by atoms with Crippen molar-refractivity contribution >= 4 is 17.7 Å². The van der Waals surface area contributed by atoms with Crippen LogP contribution < -0.4 is 0 Å². The van der Waals surface area contributed by atoms with Crippen LogP contribution in [0.15, 0.2) is 53.9 Å². The third-order valence-electron chi connectivity index (χ3n) is 4.94. The number of nitrogens with zero attached hydrogens (tertiary/aromatic N) is 4. The molecule has 0 fully saturated rings. The highest BCUT2D eigenvalue weighted by Gasteiger charge is 2.26. The first kappa shape index (κ1) is 17.7. The highest BCUT2D eigenvalue weighted by molar-refractivity contribution is 7.99. The molecule has 3 aromatic rings. The van der Waals surface area contributed by atoms with Gasteiger partial charge in [0.1, 0.15) is 0 Å². The van der Waals surface area contributed by atoms with Crippen molar-refractivity contribution in [2.45, 2.75) is 30.5 Å². The van der Waals surface area contributed by atoms with Crippen LogP contribution in [0.3, 0.4) is 0 Å². The van der Waals surface area contributed by atoms with Gasteiger partial charge in [-0.2, -0.15) is 0 Å². The SMILES string of the molecule is CN(C(=O)CSc1n[nH]c(-c2ccncc2)n1)[C@@H]1CCCc2ccccc21. The maximum atomic E-state index is 12.7. The zero-order valence-corrected chi connectivity index (χ0v) is 15.9. The van der Waals surface area contributed by atoms with E-state index in [4.69, 9.17) is 0 Å². The molecular weight excluding hydrogens is 358 g/mol. The number of benzene rings is 1. The van der Waals surface area contributed by atoms with Crippen LogP contribution in [0, 0.1) is 0 Å². The van der Waals surface area contributed by atoms with Gasteiger partial charge in [-0.05, 0) is 42.5 Å². The third-order valence-corrected chi connectivity index (χ3v) is 5.77. The molecule has 4 rings (SSSR count). The van der Waals surface area contributed by atoms with Gasteiger partial charge in [0.15, 0.2) is 5.82 Å². The number of fused-ring (bicyclic) bond motifs is 1. The minimum Gasteiger partial charge on any atom is -0.338 e. The lowest BCUT2D eigenvalue weighted by atomic mass is 9.87. The molecule has 0 unspecified atom stereocenters. The Bertz CT molecular complexity index is 927. The lowest BCUT2D eigenvalue weighted by molar-refractivity contribution is -0.129. The molecule has 0 spiro atoms. The smallest absolute Gasteiger partial charge is 0.233 e. The van der Waals surface area contributed by atoms with Gasteiger partial charge in [-0.15, -0.1) is 5.10 Å². The maximum absolute atomic E-state index is 12.7. The van der Waals surface area contributed by atoms with E-state index in [9.17, 15) is 4.79 Å². The molecule has 1 aromatic carbocycles. The van der Waals surface area contributed by atoms with E-state index < -0.39 is 0 Å². The normalized spacial score (nSPS) is 16.0. The van der Waals surface area contributed by atoms with Crippen molar-refractivity contribution in [2.24, 2.45) is 0 Å². The number of nitrogens with one attached hydrogen (secondary N) is 1. The van der Waals surface area contributed by atoms with E-state index in [1.165, 1.54) is 22.9 Å². The fourth-order valence-corrected chi connectivity index (χ4v) is 4.20. The zero-order chi connectivity index (χ0) is 18.6. The first-order chi connectivity index (χ1) is 13.2. The minimum absolute atomic E-state index is 0.0944. The summed E-state index contributed by atoms with van der Waals surface area (Å²) in [5.41, 5.74) is 3.56. The average molecular weight is 379 g/mol. The van der Waals surface area contributed by atoms with Gasteiger partial charge in [-0.1, -0.05) is 36.0 Å². The van der Waals surface area contributed by atoms with Gasteiger partial charge in [0, 0.05) is 25.0 Å². The molecule has 7 heteroatoms. The number of hydrogen-bond acceptors (Lipinski definition) is 5. The monoisotopic (exact) mass is 379 g/mol. The number of aromatic nitrogens is 4. The summed E-state index contributed by atoms with van der Waals surface area (Å²) in [5, 5.41) is 7.70. The second kappa shape index (κ2) is 7.92. The molecule has 0 saturated heterocycles. The summed E-state index contributed by atoms with van der Waals surface area (Å²) >= 11 is 1.36. The molecule has 1 aliphatic carbocycles. The van der Waals surface area contributed by atoms with E-state index in [2.05, 4.69) is 44.4 Å². The molecule has 0 saturated carbocycles. The van der Waals surface area contributed by atoms with Crippen LogP contribution in [0.2, 0.25) is 0 Å². The van der Waals surface area contributed by atoms with E-state index in [0.717, 1.165) is 24.8 Å². The fraction of sp³-hybridized carbons (Fsp3) is 0.300. The van der Waals surface area contributed by atoms with Gasteiger partial charge in [0.2, 0.25) is 11.1 Å². The Morgan fingerprint density at radius 3 is 2.93 bits per heavy atom.